The fourth-order valence-electron chi connectivity index (χ4n) is 3.33. The van der Waals surface area contributed by atoms with Gasteiger partial charge < -0.3 is 9.47 Å². The van der Waals surface area contributed by atoms with E-state index in [1.165, 1.54) is 29.2 Å². The molecule has 0 aliphatic rings. The average molecular weight is 387 g/mol. The van der Waals surface area contributed by atoms with Crippen molar-refractivity contribution in [3.63, 3.8) is 0 Å². The average Bonchev–Trinajstić information content (AvgIpc) is 2.62. The minimum atomic E-state index is -0.331. The minimum absolute atomic E-state index is 0.0959. The molecular weight excluding hydrogens is 348 g/mol. The third-order valence-electron chi connectivity index (χ3n) is 4.94. The van der Waals surface area contributed by atoms with Gasteiger partial charge in [0.2, 0.25) is 0 Å². The first kappa shape index (κ1) is 24.0. The Morgan fingerprint density at radius 3 is 1.75 bits per heavy atom. The number of ether oxygens (including phenoxy) is 2. The molecule has 0 heterocycles. The number of rotatable bonds is 8. The van der Waals surface area contributed by atoms with Crippen molar-refractivity contribution in [3.05, 3.63) is 58.1 Å². The van der Waals surface area contributed by atoms with E-state index in [1.807, 2.05) is 13.8 Å². The van der Waals surface area contributed by atoms with E-state index < -0.39 is 0 Å². The second-order valence-corrected chi connectivity index (χ2v) is 8.40. The largest absolute Gasteiger partial charge is 0.493 e. The Kier molecular flexibility index (Phi) is 9.00. The Bertz CT molecular complexity index is 707. The topological polar surface area (TPSA) is 35.5 Å². The molecule has 0 N–H and O–H groups in total. The van der Waals surface area contributed by atoms with Crippen LogP contribution in [0, 0.1) is 0 Å². The number of carbonyl (C=O) groups excluding carboxylic acids is 1. The maximum atomic E-state index is 11.3. The van der Waals surface area contributed by atoms with Crippen LogP contribution in [0.2, 0.25) is 0 Å². The molecule has 0 saturated heterocycles. The Morgan fingerprint density at radius 1 is 0.893 bits per heavy atom. The van der Waals surface area contributed by atoms with Crippen molar-refractivity contribution < 1.29 is 14.3 Å². The van der Waals surface area contributed by atoms with Gasteiger partial charge in [0.25, 0.3) is 0 Å². The van der Waals surface area contributed by atoms with Crippen LogP contribution in [0.3, 0.4) is 0 Å². The molecule has 0 radical (unpaired) electrons. The van der Waals surface area contributed by atoms with Crippen LogP contribution in [0.4, 0.5) is 0 Å². The zero-order chi connectivity index (χ0) is 21.6. The number of carbonyl (C=O) groups is 1. The molecule has 0 saturated carbocycles. The summed E-state index contributed by atoms with van der Waals surface area (Å²) in [5.74, 6) is 1.51. The van der Waals surface area contributed by atoms with Crippen molar-refractivity contribution in [2.45, 2.75) is 93.1 Å². The number of benzene rings is 1. The number of allylic oxidation sites excluding steroid dienone is 2. The lowest BCUT2D eigenvalue weighted by Crippen LogP contribution is -2.10. The van der Waals surface area contributed by atoms with Gasteiger partial charge in [-0.1, -0.05) is 53.7 Å². The predicted octanol–water partition coefficient (Wildman–Crippen LogP) is 7.51. The second kappa shape index (κ2) is 10.5. The maximum absolute atomic E-state index is 11.3. The van der Waals surface area contributed by atoms with Gasteiger partial charge in [-0.2, -0.15) is 0 Å². The summed E-state index contributed by atoms with van der Waals surface area (Å²) in [7, 11) is 0. The number of esters is 1. The summed E-state index contributed by atoms with van der Waals surface area (Å²) in [4.78, 5) is 11.3. The third-order valence-corrected chi connectivity index (χ3v) is 4.94. The maximum Gasteiger partial charge on any atom is 0.308 e. The molecule has 0 aromatic heterocycles. The second-order valence-electron chi connectivity index (χ2n) is 8.40. The van der Waals surface area contributed by atoms with Gasteiger partial charge in [-0.25, -0.2) is 0 Å². The molecule has 3 heteroatoms. The number of hydrogen-bond donors (Lipinski definition) is 0. The monoisotopic (exact) mass is 386 g/mol. The molecule has 1 rings (SSSR count). The van der Waals surface area contributed by atoms with Crippen molar-refractivity contribution in [2.24, 2.45) is 0 Å². The highest BCUT2D eigenvalue weighted by Gasteiger charge is 2.22. The first-order chi connectivity index (χ1) is 13.0. The fourth-order valence-corrected chi connectivity index (χ4v) is 3.33. The van der Waals surface area contributed by atoms with Crippen LogP contribution in [0.1, 0.15) is 115 Å². The third kappa shape index (κ3) is 6.25. The highest BCUT2D eigenvalue weighted by molar-refractivity contribution is 5.68. The van der Waals surface area contributed by atoms with Gasteiger partial charge in [0.15, 0.2) is 0 Å². The van der Waals surface area contributed by atoms with E-state index in [4.69, 9.17) is 9.47 Å². The Hall–Kier alpha value is -2.03. The van der Waals surface area contributed by atoms with Gasteiger partial charge in [-0.15, -0.1) is 0 Å². The molecule has 1 atom stereocenters. The Labute approximate surface area is 171 Å². The molecule has 156 valence electrons. The summed E-state index contributed by atoms with van der Waals surface area (Å²) < 4.78 is 11.4. The quantitative estimate of drug-likeness (QED) is 0.263. The molecule has 0 spiro atoms. The van der Waals surface area contributed by atoms with Gasteiger partial charge in [-0.05, 0) is 66.9 Å². The molecule has 3 nitrogen and oxygen atoms in total. The number of hydrogen-bond acceptors (Lipinski definition) is 3. The SMILES string of the molecule is C/C=C(OC(C)=O)/C(C)=C/O[C@H](C)c1c(C(C)C)cc(C(C)C)cc1C(C)C. The summed E-state index contributed by atoms with van der Waals surface area (Å²) >= 11 is 0. The lowest BCUT2D eigenvalue weighted by molar-refractivity contribution is -0.136. The van der Waals surface area contributed by atoms with Crippen LogP contribution in [0.5, 0.6) is 0 Å². The smallest absolute Gasteiger partial charge is 0.308 e. The highest BCUT2D eigenvalue weighted by atomic mass is 16.5. The van der Waals surface area contributed by atoms with E-state index in [2.05, 4.69) is 60.6 Å². The first-order valence-corrected chi connectivity index (χ1v) is 10.3. The summed E-state index contributed by atoms with van der Waals surface area (Å²) in [5.41, 5.74) is 6.13. The molecule has 28 heavy (non-hydrogen) atoms. The normalized spacial score (nSPS) is 14.0. The molecule has 0 aliphatic heterocycles. The van der Waals surface area contributed by atoms with Gasteiger partial charge in [0.05, 0.1) is 6.26 Å². The zero-order valence-electron chi connectivity index (χ0n) is 19.3. The summed E-state index contributed by atoms with van der Waals surface area (Å²) in [6, 6.07) is 4.67. The highest BCUT2D eigenvalue weighted by Crippen LogP contribution is 2.37. The van der Waals surface area contributed by atoms with Crippen LogP contribution in [-0.4, -0.2) is 5.97 Å². The zero-order valence-corrected chi connectivity index (χ0v) is 19.3. The van der Waals surface area contributed by atoms with Crippen molar-refractivity contribution in [1.29, 1.82) is 0 Å². The molecule has 1 aromatic rings. The first-order valence-electron chi connectivity index (χ1n) is 10.3. The van der Waals surface area contributed by atoms with E-state index in [-0.39, 0.29) is 12.1 Å². The molecule has 0 unspecified atom stereocenters. The Morgan fingerprint density at radius 2 is 1.39 bits per heavy atom. The van der Waals surface area contributed by atoms with Crippen molar-refractivity contribution in [2.75, 3.05) is 0 Å². The predicted molar refractivity (Wildman–Crippen MR) is 117 cm³/mol. The van der Waals surface area contributed by atoms with Crippen molar-refractivity contribution >= 4 is 5.97 Å². The standard InChI is InChI=1S/C25H38O3/c1-11-24(28-20(10)26)18(8)14-27-19(9)25-22(16(4)5)12-21(15(2)3)13-23(25)17(6)7/h11-17,19H,1-10H3/b18-14+,24-11-/t19-/m1/s1. The van der Waals surface area contributed by atoms with Crippen LogP contribution in [0.15, 0.2) is 35.8 Å². The van der Waals surface area contributed by atoms with E-state index in [1.54, 1.807) is 12.3 Å². The lowest BCUT2D eigenvalue weighted by Gasteiger charge is -2.26. The van der Waals surface area contributed by atoms with Crippen LogP contribution in [-0.2, 0) is 14.3 Å². The molecule has 0 fully saturated rings. The molecule has 1 aromatic carbocycles. The molecular formula is C25H38O3. The van der Waals surface area contributed by atoms with Gasteiger partial charge >= 0.3 is 5.97 Å². The lowest BCUT2D eigenvalue weighted by atomic mass is 9.82. The Balaban J connectivity index is 3.34. The van der Waals surface area contributed by atoms with Crippen LogP contribution < -0.4 is 0 Å². The molecule has 0 amide bonds. The van der Waals surface area contributed by atoms with E-state index >= 15 is 0 Å². The van der Waals surface area contributed by atoms with Gasteiger partial charge in [-0.3, -0.25) is 4.79 Å². The van der Waals surface area contributed by atoms with Gasteiger partial charge in [0.1, 0.15) is 11.9 Å². The molecule has 0 bridgehead atoms. The summed E-state index contributed by atoms with van der Waals surface area (Å²) in [6.07, 6.45) is 3.38. The van der Waals surface area contributed by atoms with Crippen LogP contribution >= 0.6 is 0 Å². The van der Waals surface area contributed by atoms with Crippen molar-refractivity contribution in [3.8, 4) is 0 Å². The fraction of sp³-hybridized carbons (Fsp3) is 0.560. The van der Waals surface area contributed by atoms with Gasteiger partial charge in [0, 0.05) is 12.5 Å². The van der Waals surface area contributed by atoms with E-state index in [9.17, 15) is 4.79 Å². The summed E-state index contributed by atoms with van der Waals surface area (Å²) in [5, 5.41) is 0. The van der Waals surface area contributed by atoms with E-state index in [0.717, 1.165) is 5.57 Å². The summed E-state index contributed by atoms with van der Waals surface area (Å²) in [6.45, 7) is 20.6. The minimum Gasteiger partial charge on any atom is -0.493 e. The van der Waals surface area contributed by atoms with Crippen molar-refractivity contribution in [1.82, 2.24) is 0 Å². The molecule has 0 aliphatic carbocycles. The van der Waals surface area contributed by atoms with E-state index in [0.29, 0.717) is 23.5 Å². The van der Waals surface area contributed by atoms with Crippen LogP contribution in [0.25, 0.3) is 0 Å².